The molecule has 1 aliphatic heterocycles. The number of halogens is 2. The zero-order chi connectivity index (χ0) is 14.1. The summed E-state index contributed by atoms with van der Waals surface area (Å²) < 4.78 is 0. The van der Waals surface area contributed by atoms with Gasteiger partial charge in [0.15, 0.2) is 0 Å². The van der Waals surface area contributed by atoms with E-state index in [4.69, 9.17) is 23.2 Å². The largest absolute Gasteiger partial charge is 0.323 e. The highest BCUT2D eigenvalue weighted by Crippen LogP contribution is 2.45. The second-order valence-electron chi connectivity index (χ2n) is 5.40. The van der Waals surface area contributed by atoms with Gasteiger partial charge in [-0.05, 0) is 18.9 Å². The molecule has 5 heteroatoms. The summed E-state index contributed by atoms with van der Waals surface area (Å²) in [6.45, 7) is 0. The summed E-state index contributed by atoms with van der Waals surface area (Å²) in [6.07, 6.45) is 5.94. The minimum atomic E-state index is 0.0248. The third-order valence-corrected chi connectivity index (χ3v) is 6.16. The summed E-state index contributed by atoms with van der Waals surface area (Å²) in [4.78, 5) is 14.3. The van der Waals surface area contributed by atoms with Crippen molar-refractivity contribution in [2.45, 2.75) is 43.5 Å². The first-order valence-electron chi connectivity index (χ1n) is 7.05. The standard InChI is InChI=1S/C15H17Cl2NOS/c16-12-8-4-7-11(14(12)17)15-18(13(19)9-20-15)10-5-2-1-3-6-10/h4,7-8,10,15H,1-3,5-6,9H2/t15-/m0/s1. The fourth-order valence-corrected chi connectivity index (χ4v) is 4.89. The van der Waals surface area contributed by atoms with E-state index < -0.39 is 0 Å². The summed E-state index contributed by atoms with van der Waals surface area (Å²) in [6, 6.07) is 6.05. The first-order valence-corrected chi connectivity index (χ1v) is 8.85. The molecule has 2 aliphatic rings. The lowest BCUT2D eigenvalue weighted by Gasteiger charge is -2.35. The molecule has 0 radical (unpaired) electrons. The molecule has 2 fully saturated rings. The molecule has 0 spiro atoms. The van der Waals surface area contributed by atoms with E-state index in [-0.39, 0.29) is 11.3 Å². The van der Waals surface area contributed by atoms with Crippen LogP contribution in [-0.2, 0) is 4.79 Å². The molecular formula is C15H17Cl2NOS. The molecule has 1 atom stereocenters. The minimum Gasteiger partial charge on any atom is -0.323 e. The Labute approximate surface area is 133 Å². The van der Waals surface area contributed by atoms with Crippen molar-refractivity contribution >= 4 is 40.9 Å². The van der Waals surface area contributed by atoms with Crippen molar-refractivity contribution in [2.75, 3.05) is 5.75 Å². The summed E-state index contributed by atoms with van der Waals surface area (Å²) in [5, 5.41) is 1.17. The van der Waals surface area contributed by atoms with E-state index in [1.54, 1.807) is 17.8 Å². The normalized spacial score (nSPS) is 24.4. The Bertz CT molecular complexity index is 517. The number of rotatable bonds is 2. The van der Waals surface area contributed by atoms with Gasteiger partial charge in [0.25, 0.3) is 0 Å². The fourth-order valence-electron chi connectivity index (χ4n) is 3.14. The Kier molecular flexibility index (Phi) is 4.49. The molecule has 1 amide bonds. The van der Waals surface area contributed by atoms with Crippen molar-refractivity contribution in [2.24, 2.45) is 0 Å². The quantitative estimate of drug-likeness (QED) is 0.769. The molecule has 0 bridgehead atoms. The summed E-state index contributed by atoms with van der Waals surface area (Å²) in [5.74, 6) is 0.784. The molecule has 0 aromatic heterocycles. The summed E-state index contributed by atoms with van der Waals surface area (Å²) in [5.41, 5.74) is 0.973. The first kappa shape index (κ1) is 14.6. The second kappa shape index (κ2) is 6.17. The van der Waals surface area contributed by atoms with Gasteiger partial charge in [-0.2, -0.15) is 0 Å². The van der Waals surface area contributed by atoms with Crippen LogP contribution >= 0.6 is 35.0 Å². The van der Waals surface area contributed by atoms with Gasteiger partial charge in [-0.15, -0.1) is 11.8 Å². The lowest BCUT2D eigenvalue weighted by atomic mass is 9.93. The monoisotopic (exact) mass is 329 g/mol. The van der Waals surface area contributed by atoms with E-state index >= 15 is 0 Å². The number of benzene rings is 1. The smallest absolute Gasteiger partial charge is 0.234 e. The number of hydrogen-bond donors (Lipinski definition) is 0. The van der Waals surface area contributed by atoms with Gasteiger partial charge in [0, 0.05) is 11.6 Å². The Morgan fingerprint density at radius 3 is 2.65 bits per heavy atom. The van der Waals surface area contributed by atoms with Crippen molar-refractivity contribution in [3.8, 4) is 0 Å². The van der Waals surface area contributed by atoms with Crippen LogP contribution in [0.15, 0.2) is 18.2 Å². The molecule has 1 heterocycles. The van der Waals surface area contributed by atoms with Gasteiger partial charge in [-0.25, -0.2) is 0 Å². The van der Waals surface area contributed by atoms with Gasteiger partial charge in [0.05, 0.1) is 15.8 Å². The van der Waals surface area contributed by atoms with Crippen molar-refractivity contribution < 1.29 is 4.79 Å². The van der Waals surface area contributed by atoms with Crippen molar-refractivity contribution in [1.82, 2.24) is 4.90 Å². The summed E-state index contributed by atoms with van der Waals surface area (Å²) in [7, 11) is 0. The van der Waals surface area contributed by atoms with Crippen LogP contribution in [0.4, 0.5) is 0 Å². The molecule has 1 aromatic carbocycles. The zero-order valence-electron chi connectivity index (χ0n) is 11.1. The predicted octanol–water partition coefficient (Wildman–Crippen LogP) is 4.90. The minimum absolute atomic E-state index is 0.0248. The van der Waals surface area contributed by atoms with Gasteiger partial charge >= 0.3 is 0 Å². The average molecular weight is 330 g/mol. The van der Waals surface area contributed by atoms with E-state index in [1.165, 1.54) is 19.3 Å². The molecule has 2 nitrogen and oxygen atoms in total. The number of carbonyl (C=O) groups excluding carboxylic acids is 1. The lowest BCUT2D eigenvalue weighted by molar-refractivity contribution is -0.131. The van der Waals surface area contributed by atoms with Crippen LogP contribution in [0.2, 0.25) is 10.0 Å². The Morgan fingerprint density at radius 1 is 1.15 bits per heavy atom. The third-order valence-electron chi connectivity index (χ3n) is 4.12. The van der Waals surface area contributed by atoms with E-state index in [0.29, 0.717) is 21.8 Å². The lowest BCUT2D eigenvalue weighted by Crippen LogP contribution is -2.39. The van der Waals surface area contributed by atoms with Crippen LogP contribution in [0.3, 0.4) is 0 Å². The Morgan fingerprint density at radius 2 is 1.90 bits per heavy atom. The molecule has 1 aromatic rings. The van der Waals surface area contributed by atoms with Gasteiger partial charge < -0.3 is 4.90 Å². The molecule has 108 valence electrons. The number of thioether (sulfide) groups is 1. The van der Waals surface area contributed by atoms with E-state index in [1.807, 2.05) is 12.1 Å². The van der Waals surface area contributed by atoms with Crippen LogP contribution in [0.5, 0.6) is 0 Å². The molecule has 1 saturated heterocycles. The molecular weight excluding hydrogens is 313 g/mol. The maximum absolute atomic E-state index is 12.3. The Hall–Kier alpha value is -0.380. The van der Waals surface area contributed by atoms with Crippen molar-refractivity contribution in [3.63, 3.8) is 0 Å². The van der Waals surface area contributed by atoms with Crippen molar-refractivity contribution in [1.29, 1.82) is 0 Å². The molecule has 0 unspecified atom stereocenters. The summed E-state index contributed by atoms with van der Waals surface area (Å²) >= 11 is 14.1. The predicted molar refractivity (Wildman–Crippen MR) is 85.4 cm³/mol. The number of hydrogen-bond acceptors (Lipinski definition) is 2. The van der Waals surface area contributed by atoms with Crippen LogP contribution < -0.4 is 0 Å². The van der Waals surface area contributed by atoms with E-state index in [2.05, 4.69) is 4.90 Å². The molecule has 20 heavy (non-hydrogen) atoms. The van der Waals surface area contributed by atoms with Gasteiger partial charge in [-0.3, -0.25) is 4.79 Å². The fraction of sp³-hybridized carbons (Fsp3) is 0.533. The maximum atomic E-state index is 12.3. The van der Waals surface area contributed by atoms with Crippen LogP contribution in [0.25, 0.3) is 0 Å². The van der Waals surface area contributed by atoms with Crippen LogP contribution in [0, 0.1) is 0 Å². The highest BCUT2D eigenvalue weighted by atomic mass is 35.5. The van der Waals surface area contributed by atoms with E-state index in [9.17, 15) is 4.79 Å². The SMILES string of the molecule is O=C1CS[C@@H](c2cccc(Cl)c2Cl)N1C1CCCCC1. The zero-order valence-corrected chi connectivity index (χ0v) is 13.5. The average Bonchev–Trinajstić information content (AvgIpc) is 2.84. The van der Waals surface area contributed by atoms with Crippen molar-refractivity contribution in [3.05, 3.63) is 33.8 Å². The highest BCUT2D eigenvalue weighted by Gasteiger charge is 2.39. The highest BCUT2D eigenvalue weighted by molar-refractivity contribution is 8.00. The number of amides is 1. The molecule has 0 N–H and O–H groups in total. The maximum Gasteiger partial charge on any atom is 0.234 e. The Balaban J connectivity index is 1.91. The van der Waals surface area contributed by atoms with Crippen LogP contribution in [0.1, 0.15) is 43.0 Å². The molecule has 3 rings (SSSR count). The number of nitrogens with zero attached hydrogens (tertiary/aromatic N) is 1. The third kappa shape index (κ3) is 2.68. The van der Waals surface area contributed by atoms with E-state index in [0.717, 1.165) is 18.4 Å². The number of carbonyl (C=O) groups is 1. The van der Waals surface area contributed by atoms with Gasteiger partial charge in [0.2, 0.25) is 5.91 Å². The second-order valence-corrected chi connectivity index (χ2v) is 7.25. The molecule has 1 aliphatic carbocycles. The molecule has 1 saturated carbocycles. The van der Waals surface area contributed by atoms with Crippen LogP contribution in [-0.4, -0.2) is 22.6 Å². The van der Waals surface area contributed by atoms with Gasteiger partial charge in [-0.1, -0.05) is 54.6 Å². The van der Waals surface area contributed by atoms with Gasteiger partial charge in [0.1, 0.15) is 5.37 Å². The first-order chi connectivity index (χ1) is 9.68. The topological polar surface area (TPSA) is 20.3 Å².